The van der Waals surface area contributed by atoms with Crippen molar-refractivity contribution in [3.05, 3.63) is 29.6 Å². The van der Waals surface area contributed by atoms with Crippen LogP contribution in [0.1, 0.15) is 19.4 Å². The maximum absolute atomic E-state index is 13.6. The maximum Gasteiger partial charge on any atom is 0.241 e. The van der Waals surface area contributed by atoms with Gasteiger partial charge in [-0.1, -0.05) is 18.3 Å². The van der Waals surface area contributed by atoms with Gasteiger partial charge in [-0.15, -0.1) is 0 Å². The van der Waals surface area contributed by atoms with Gasteiger partial charge in [0.1, 0.15) is 10.8 Å². The van der Waals surface area contributed by atoms with Gasteiger partial charge in [-0.3, -0.25) is 0 Å². The van der Waals surface area contributed by atoms with Crippen LogP contribution in [-0.4, -0.2) is 32.7 Å². The molecule has 20 heavy (non-hydrogen) atoms. The SMILES string of the molecule is CC(C)OCCNS(=O)(=O)c1cccc(F)c1C(N)=S. The molecule has 8 heteroatoms. The number of nitrogens with two attached hydrogens (primary N) is 1. The second kappa shape index (κ2) is 7.07. The van der Waals surface area contributed by atoms with Crippen molar-refractivity contribution in [3.8, 4) is 0 Å². The minimum atomic E-state index is -3.89. The number of nitrogens with one attached hydrogen (secondary N) is 1. The molecule has 0 saturated heterocycles. The Morgan fingerprint density at radius 2 is 2.15 bits per heavy atom. The molecule has 0 bridgehead atoms. The van der Waals surface area contributed by atoms with Crippen LogP contribution in [0.3, 0.4) is 0 Å². The highest BCUT2D eigenvalue weighted by Crippen LogP contribution is 2.18. The van der Waals surface area contributed by atoms with Crippen LogP contribution in [0.4, 0.5) is 4.39 Å². The molecule has 0 aliphatic carbocycles. The van der Waals surface area contributed by atoms with Crippen LogP contribution in [-0.2, 0) is 14.8 Å². The van der Waals surface area contributed by atoms with Crippen molar-refractivity contribution in [2.45, 2.75) is 24.8 Å². The summed E-state index contributed by atoms with van der Waals surface area (Å²) in [5, 5.41) is 0. The summed E-state index contributed by atoms with van der Waals surface area (Å²) in [7, 11) is -3.89. The van der Waals surface area contributed by atoms with E-state index in [1.54, 1.807) is 0 Å². The van der Waals surface area contributed by atoms with Crippen LogP contribution in [0.5, 0.6) is 0 Å². The summed E-state index contributed by atoms with van der Waals surface area (Å²) in [6, 6.07) is 3.65. The van der Waals surface area contributed by atoms with Gasteiger partial charge in [0.05, 0.1) is 23.2 Å². The molecule has 1 aromatic carbocycles. The molecular formula is C12H17FN2O3S2. The molecule has 3 N–H and O–H groups in total. The van der Waals surface area contributed by atoms with E-state index in [4.69, 9.17) is 22.7 Å². The van der Waals surface area contributed by atoms with Crippen LogP contribution in [0.2, 0.25) is 0 Å². The van der Waals surface area contributed by atoms with Crippen LogP contribution < -0.4 is 10.5 Å². The van der Waals surface area contributed by atoms with Gasteiger partial charge in [-0.2, -0.15) is 0 Å². The van der Waals surface area contributed by atoms with Gasteiger partial charge in [-0.25, -0.2) is 17.5 Å². The number of thiocarbonyl (C=S) groups is 1. The Morgan fingerprint density at radius 1 is 1.50 bits per heavy atom. The van der Waals surface area contributed by atoms with E-state index in [2.05, 4.69) is 4.72 Å². The molecule has 0 amide bonds. The molecule has 0 fully saturated rings. The van der Waals surface area contributed by atoms with Gasteiger partial charge < -0.3 is 10.5 Å². The fraction of sp³-hybridized carbons (Fsp3) is 0.417. The molecule has 0 atom stereocenters. The molecule has 0 aliphatic heterocycles. The molecule has 5 nitrogen and oxygen atoms in total. The van der Waals surface area contributed by atoms with E-state index in [1.165, 1.54) is 12.1 Å². The molecule has 0 saturated carbocycles. The molecule has 1 aromatic rings. The minimum absolute atomic E-state index is 0.000791. The lowest BCUT2D eigenvalue weighted by Gasteiger charge is -2.12. The summed E-state index contributed by atoms with van der Waals surface area (Å²) in [5.74, 6) is -0.765. The van der Waals surface area contributed by atoms with E-state index < -0.39 is 15.8 Å². The fourth-order valence-electron chi connectivity index (χ4n) is 1.52. The first-order valence-electron chi connectivity index (χ1n) is 5.95. The van der Waals surface area contributed by atoms with Crippen molar-refractivity contribution < 1.29 is 17.5 Å². The van der Waals surface area contributed by atoms with Crippen molar-refractivity contribution >= 4 is 27.2 Å². The Kier molecular flexibility index (Phi) is 6.00. The Morgan fingerprint density at radius 3 is 2.70 bits per heavy atom. The van der Waals surface area contributed by atoms with Crippen LogP contribution in [0, 0.1) is 5.82 Å². The van der Waals surface area contributed by atoms with Gasteiger partial charge >= 0.3 is 0 Å². The van der Waals surface area contributed by atoms with E-state index in [-0.39, 0.29) is 34.7 Å². The highest BCUT2D eigenvalue weighted by Gasteiger charge is 2.22. The predicted octanol–water partition coefficient (Wildman–Crippen LogP) is 1.16. The zero-order chi connectivity index (χ0) is 15.3. The molecular weight excluding hydrogens is 303 g/mol. The minimum Gasteiger partial charge on any atom is -0.389 e. The first kappa shape index (κ1) is 17.0. The molecule has 0 aromatic heterocycles. The lowest BCUT2D eigenvalue weighted by Crippen LogP contribution is -2.30. The quantitative estimate of drug-likeness (QED) is 0.582. The van der Waals surface area contributed by atoms with Crippen LogP contribution >= 0.6 is 12.2 Å². The third-order valence-corrected chi connectivity index (χ3v) is 4.06. The first-order chi connectivity index (χ1) is 9.25. The highest BCUT2D eigenvalue weighted by atomic mass is 32.2. The van der Waals surface area contributed by atoms with Gasteiger partial charge in [0, 0.05) is 6.54 Å². The van der Waals surface area contributed by atoms with E-state index in [0.29, 0.717) is 0 Å². The van der Waals surface area contributed by atoms with E-state index in [1.807, 2.05) is 13.8 Å². The van der Waals surface area contributed by atoms with Gasteiger partial charge in [0.25, 0.3) is 0 Å². The van der Waals surface area contributed by atoms with E-state index in [9.17, 15) is 12.8 Å². The normalized spacial score (nSPS) is 11.8. The standard InChI is InChI=1S/C12H17FN2O3S2/c1-8(2)18-7-6-15-20(16,17)10-5-3-4-9(13)11(10)12(14)19/h3-5,8,15H,6-7H2,1-2H3,(H2,14,19). The van der Waals surface area contributed by atoms with Crippen molar-refractivity contribution in [2.24, 2.45) is 5.73 Å². The Hall–Kier alpha value is -1.09. The Bertz CT molecular complexity index is 588. The number of rotatable bonds is 7. The summed E-state index contributed by atoms with van der Waals surface area (Å²) in [6.45, 7) is 3.97. The average molecular weight is 320 g/mol. The summed E-state index contributed by atoms with van der Waals surface area (Å²) in [4.78, 5) is -0.573. The van der Waals surface area contributed by atoms with E-state index >= 15 is 0 Å². The molecule has 0 aliphatic rings. The van der Waals surface area contributed by atoms with E-state index in [0.717, 1.165) is 6.07 Å². The average Bonchev–Trinajstić information content (AvgIpc) is 2.33. The third kappa shape index (κ3) is 4.48. The van der Waals surface area contributed by atoms with Crippen molar-refractivity contribution in [1.29, 1.82) is 0 Å². The third-order valence-electron chi connectivity index (χ3n) is 2.36. The number of sulfonamides is 1. The summed E-state index contributed by atoms with van der Waals surface area (Å²) >= 11 is 4.70. The topological polar surface area (TPSA) is 81.4 Å². The number of hydrogen-bond acceptors (Lipinski definition) is 4. The second-order valence-electron chi connectivity index (χ2n) is 4.29. The lowest BCUT2D eigenvalue weighted by atomic mass is 10.2. The number of benzene rings is 1. The van der Waals surface area contributed by atoms with Crippen molar-refractivity contribution in [1.82, 2.24) is 4.72 Å². The molecule has 0 heterocycles. The lowest BCUT2D eigenvalue weighted by molar-refractivity contribution is 0.0834. The smallest absolute Gasteiger partial charge is 0.241 e. The van der Waals surface area contributed by atoms with Gasteiger partial charge in [0.2, 0.25) is 10.0 Å². The van der Waals surface area contributed by atoms with Crippen molar-refractivity contribution in [2.75, 3.05) is 13.2 Å². The van der Waals surface area contributed by atoms with Gasteiger partial charge in [0.15, 0.2) is 0 Å². The van der Waals surface area contributed by atoms with Gasteiger partial charge in [-0.05, 0) is 26.0 Å². The number of halogens is 1. The van der Waals surface area contributed by atoms with Crippen molar-refractivity contribution in [3.63, 3.8) is 0 Å². The highest BCUT2D eigenvalue weighted by molar-refractivity contribution is 7.89. The van der Waals surface area contributed by atoms with Crippen LogP contribution in [0.15, 0.2) is 23.1 Å². The Labute approximate surface area is 123 Å². The zero-order valence-electron chi connectivity index (χ0n) is 11.2. The fourth-order valence-corrected chi connectivity index (χ4v) is 3.03. The van der Waals surface area contributed by atoms with Crippen LogP contribution in [0.25, 0.3) is 0 Å². The predicted molar refractivity (Wildman–Crippen MR) is 78.6 cm³/mol. The first-order valence-corrected chi connectivity index (χ1v) is 7.84. The zero-order valence-corrected chi connectivity index (χ0v) is 12.9. The molecule has 0 spiro atoms. The second-order valence-corrected chi connectivity index (χ2v) is 6.47. The summed E-state index contributed by atoms with van der Waals surface area (Å²) in [5.41, 5.74) is 5.10. The molecule has 112 valence electrons. The number of hydrogen-bond donors (Lipinski definition) is 2. The number of ether oxygens (including phenoxy) is 1. The maximum atomic E-state index is 13.6. The molecule has 0 radical (unpaired) electrons. The summed E-state index contributed by atoms with van der Waals surface area (Å²) < 4.78 is 45.4. The monoisotopic (exact) mass is 320 g/mol. The molecule has 0 unspecified atom stereocenters. The largest absolute Gasteiger partial charge is 0.389 e. The summed E-state index contributed by atoms with van der Waals surface area (Å²) in [6.07, 6.45) is 0.000791. The molecule has 1 rings (SSSR count). The Balaban J connectivity index is 2.93.